The topological polar surface area (TPSA) is 38.0 Å². The van der Waals surface area contributed by atoms with E-state index in [0.717, 1.165) is 18.7 Å². The number of rotatable bonds is 4. The third kappa shape index (κ3) is 4.30. The minimum absolute atomic E-state index is 0.517. The molecule has 0 aromatic rings. The number of halogens is 1. The van der Waals surface area contributed by atoms with Crippen LogP contribution in [-0.2, 0) is 0 Å². The highest BCUT2D eigenvalue weighted by molar-refractivity contribution is 6.19. The average Bonchev–Trinajstić information content (AvgIpc) is 1.91. The fourth-order valence-electron chi connectivity index (χ4n) is 0.436. The van der Waals surface area contributed by atoms with Crippen LogP contribution >= 0.6 is 11.6 Å². The van der Waals surface area contributed by atoms with E-state index in [2.05, 4.69) is 5.32 Å². The molecular weight excluding hydrogens is 136 g/mol. The van der Waals surface area contributed by atoms with E-state index in [4.69, 9.17) is 17.3 Å². The summed E-state index contributed by atoms with van der Waals surface area (Å²) in [6, 6.07) is 0. The number of nitrogens with two attached hydrogens (primary N) is 1. The Bertz CT molecular complexity index is 91.1. The molecule has 0 heterocycles. The SMILES string of the molecule is CCNC/C(=C/N)CCl. The van der Waals surface area contributed by atoms with Gasteiger partial charge in [0.25, 0.3) is 0 Å². The van der Waals surface area contributed by atoms with Crippen LogP contribution in [-0.4, -0.2) is 19.0 Å². The van der Waals surface area contributed by atoms with Crippen molar-refractivity contribution < 1.29 is 0 Å². The van der Waals surface area contributed by atoms with Gasteiger partial charge in [-0.15, -0.1) is 11.6 Å². The fourth-order valence-corrected chi connectivity index (χ4v) is 0.620. The first-order valence-electron chi connectivity index (χ1n) is 3.01. The molecule has 0 amide bonds. The maximum absolute atomic E-state index is 5.52. The van der Waals surface area contributed by atoms with Gasteiger partial charge in [-0.05, 0) is 18.3 Å². The van der Waals surface area contributed by atoms with Crippen molar-refractivity contribution in [2.45, 2.75) is 6.92 Å². The molecule has 2 nitrogen and oxygen atoms in total. The van der Waals surface area contributed by atoms with Gasteiger partial charge in [0.05, 0.1) is 0 Å². The van der Waals surface area contributed by atoms with E-state index in [9.17, 15) is 0 Å². The minimum Gasteiger partial charge on any atom is -0.405 e. The average molecular weight is 149 g/mol. The Balaban J connectivity index is 3.33. The molecule has 0 aromatic carbocycles. The Kier molecular flexibility index (Phi) is 5.78. The van der Waals surface area contributed by atoms with Crippen LogP contribution in [0.15, 0.2) is 11.8 Å². The van der Waals surface area contributed by atoms with Crippen LogP contribution in [0.2, 0.25) is 0 Å². The molecule has 0 saturated carbocycles. The Labute approximate surface area is 61.1 Å². The van der Waals surface area contributed by atoms with Gasteiger partial charge in [0, 0.05) is 12.4 Å². The van der Waals surface area contributed by atoms with Crippen molar-refractivity contribution in [3.05, 3.63) is 11.8 Å². The molecule has 0 aliphatic rings. The number of hydrogen-bond acceptors (Lipinski definition) is 2. The van der Waals surface area contributed by atoms with Gasteiger partial charge in [-0.3, -0.25) is 0 Å². The highest BCUT2D eigenvalue weighted by Crippen LogP contribution is 1.91. The highest BCUT2D eigenvalue weighted by atomic mass is 35.5. The molecule has 0 fully saturated rings. The molecule has 9 heavy (non-hydrogen) atoms. The summed E-state index contributed by atoms with van der Waals surface area (Å²) in [6.45, 7) is 3.80. The zero-order valence-electron chi connectivity index (χ0n) is 5.65. The lowest BCUT2D eigenvalue weighted by Crippen LogP contribution is -2.17. The molecule has 0 radical (unpaired) electrons. The molecule has 3 N–H and O–H groups in total. The van der Waals surface area contributed by atoms with Crippen LogP contribution in [0.3, 0.4) is 0 Å². The zero-order valence-corrected chi connectivity index (χ0v) is 6.41. The molecular formula is C6H13ClN2. The van der Waals surface area contributed by atoms with Crippen LogP contribution < -0.4 is 11.1 Å². The summed E-state index contributed by atoms with van der Waals surface area (Å²) in [4.78, 5) is 0. The normalized spacial score (nSPS) is 12.0. The number of nitrogens with one attached hydrogen (secondary N) is 1. The molecule has 54 valence electrons. The molecule has 0 bridgehead atoms. The number of alkyl halides is 1. The van der Waals surface area contributed by atoms with Gasteiger partial charge >= 0.3 is 0 Å². The minimum atomic E-state index is 0.517. The molecule has 0 spiro atoms. The summed E-state index contributed by atoms with van der Waals surface area (Å²) in [7, 11) is 0. The lowest BCUT2D eigenvalue weighted by Gasteiger charge is -2.00. The molecule has 0 saturated heterocycles. The summed E-state index contributed by atoms with van der Waals surface area (Å²) in [6.07, 6.45) is 1.55. The first kappa shape index (κ1) is 8.79. The molecule has 0 aromatic heterocycles. The number of likely N-dealkylation sites (N-methyl/N-ethyl adjacent to an activating group) is 1. The predicted octanol–water partition coefficient (Wildman–Crippen LogP) is 0.677. The van der Waals surface area contributed by atoms with Gasteiger partial charge < -0.3 is 11.1 Å². The number of hydrogen-bond donors (Lipinski definition) is 2. The van der Waals surface area contributed by atoms with Crippen LogP contribution in [0, 0.1) is 0 Å². The lowest BCUT2D eigenvalue weighted by molar-refractivity contribution is 0.775. The van der Waals surface area contributed by atoms with Crippen molar-refractivity contribution in [2.24, 2.45) is 5.73 Å². The quantitative estimate of drug-likeness (QED) is 0.576. The van der Waals surface area contributed by atoms with Crippen molar-refractivity contribution >= 4 is 11.6 Å². The van der Waals surface area contributed by atoms with Crippen molar-refractivity contribution in [1.29, 1.82) is 0 Å². The molecule has 0 rings (SSSR count). The maximum Gasteiger partial charge on any atom is 0.0463 e. The zero-order chi connectivity index (χ0) is 7.11. The van der Waals surface area contributed by atoms with E-state index in [1.54, 1.807) is 6.20 Å². The Morgan fingerprint density at radius 2 is 2.44 bits per heavy atom. The Morgan fingerprint density at radius 3 is 2.78 bits per heavy atom. The molecule has 0 aliphatic carbocycles. The standard InChI is InChI=1S/C6H13ClN2/c1-2-9-5-6(3-7)4-8/h4,9H,2-3,5,8H2,1H3/b6-4+. The van der Waals surface area contributed by atoms with E-state index in [1.165, 1.54) is 0 Å². The summed E-state index contributed by atoms with van der Waals surface area (Å²) in [5.74, 6) is 0.517. The Hall–Kier alpha value is -0.210. The van der Waals surface area contributed by atoms with Crippen molar-refractivity contribution in [3.8, 4) is 0 Å². The summed E-state index contributed by atoms with van der Waals surface area (Å²) >= 11 is 5.52. The summed E-state index contributed by atoms with van der Waals surface area (Å²) in [5, 5.41) is 3.12. The van der Waals surface area contributed by atoms with Gasteiger partial charge in [-0.1, -0.05) is 6.92 Å². The Morgan fingerprint density at radius 1 is 1.78 bits per heavy atom. The molecule has 3 heteroatoms. The van der Waals surface area contributed by atoms with Gasteiger partial charge in [0.2, 0.25) is 0 Å². The van der Waals surface area contributed by atoms with E-state index in [0.29, 0.717) is 5.88 Å². The van der Waals surface area contributed by atoms with Gasteiger partial charge in [-0.2, -0.15) is 0 Å². The summed E-state index contributed by atoms with van der Waals surface area (Å²) < 4.78 is 0. The van der Waals surface area contributed by atoms with Crippen LogP contribution in [0.1, 0.15) is 6.92 Å². The van der Waals surface area contributed by atoms with Gasteiger partial charge in [-0.25, -0.2) is 0 Å². The largest absolute Gasteiger partial charge is 0.405 e. The maximum atomic E-state index is 5.52. The molecule has 0 aliphatic heterocycles. The summed E-state index contributed by atoms with van der Waals surface area (Å²) in [5.41, 5.74) is 6.28. The first-order chi connectivity index (χ1) is 4.35. The van der Waals surface area contributed by atoms with Crippen LogP contribution in [0.4, 0.5) is 0 Å². The first-order valence-corrected chi connectivity index (χ1v) is 3.55. The van der Waals surface area contributed by atoms with E-state index >= 15 is 0 Å². The fraction of sp³-hybridized carbons (Fsp3) is 0.667. The highest BCUT2D eigenvalue weighted by Gasteiger charge is 1.90. The second-order valence-corrected chi connectivity index (χ2v) is 2.01. The van der Waals surface area contributed by atoms with Crippen LogP contribution in [0.25, 0.3) is 0 Å². The van der Waals surface area contributed by atoms with E-state index in [1.807, 2.05) is 6.92 Å². The third-order valence-corrected chi connectivity index (χ3v) is 1.35. The molecule has 0 atom stereocenters. The van der Waals surface area contributed by atoms with Crippen molar-refractivity contribution in [3.63, 3.8) is 0 Å². The smallest absolute Gasteiger partial charge is 0.0463 e. The van der Waals surface area contributed by atoms with Crippen molar-refractivity contribution in [2.75, 3.05) is 19.0 Å². The lowest BCUT2D eigenvalue weighted by atomic mass is 10.3. The molecule has 0 unspecified atom stereocenters. The van der Waals surface area contributed by atoms with Crippen LogP contribution in [0.5, 0.6) is 0 Å². The second-order valence-electron chi connectivity index (χ2n) is 1.74. The predicted molar refractivity (Wildman–Crippen MR) is 41.5 cm³/mol. The van der Waals surface area contributed by atoms with E-state index < -0.39 is 0 Å². The second kappa shape index (κ2) is 5.92. The monoisotopic (exact) mass is 148 g/mol. The van der Waals surface area contributed by atoms with Gasteiger partial charge in [0.15, 0.2) is 0 Å². The van der Waals surface area contributed by atoms with Gasteiger partial charge in [0.1, 0.15) is 0 Å². The third-order valence-electron chi connectivity index (χ3n) is 1.01. The van der Waals surface area contributed by atoms with E-state index in [-0.39, 0.29) is 0 Å². The van der Waals surface area contributed by atoms with Crippen molar-refractivity contribution in [1.82, 2.24) is 5.32 Å².